The lowest BCUT2D eigenvalue weighted by atomic mass is 9.99. The molecule has 0 saturated heterocycles. The van der Waals surface area contributed by atoms with Crippen molar-refractivity contribution in [1.29, 1.82) is 0 Å². The van der Waals surface area contributed by atoms with E-state index in [0.717, 1.165) is 22.3 Å². The quantitative estimate of drug-likeness (QED) is 0.857. The zero-order valence-electron chi connectivity index (χ0n) is 14.7. The molecule has 128 valence electrons. The van der Waals surface area contributed by atoms with Crippen LogP contribution in [-0.4, -0.2) is 30.3 Å². The summed E-state index contributed by atoms with van der Waals surface area (Å²) in [5.74, 6) is 0.546. The summed E-state index contributed by atoms with van der Waals surface area (Å²) in [7, 11) is 0. The minimum atomic E-state index is -0.763. The van der Waals surface area contributed by atoms with Gasteiger partial charge in [0.1, 0.15) is 18.5 Å². The number of aliphatic hydroxyl groups is 1. The van der Waals surface area contributed by atoms with E-state index >= 15 is 0 Å². The zero-order valence-corrected chi connectivity index (χ0v) is 14.7. The third-order valence-electron chi connectivity index (χ3n) is 3.83. The molecule has 24 heavy (non-hydrogen) atoms. The molecule has 0 bridgehead atoms. The molecule has 2 aromatic carbocycles. The Bertz CT molecular complexity index is 702. The van der Waals surface area contributed by atoms with Gasteiger partial charge in [-0.3, -0.25) is 4.79 Å². The Balaban J connectivity index is 1.87. The van der Waals surface area contributed by atoms with Gasteiger partial charge in [0.05, 0.1) is 0 Å². The van der Waals surface area contributed by atoms with Gasteiger partial charge in [-0.25, -0.2) is 0 Å². The number of hydrogen-bond acceptors (Lipinski definition) is 3. The van der Waals surface area contributed by atoms with Gasteiger partial charge < -0.3 is 15.2 Å². The van der Waals surface area contributed by atoms with Crippen LogP contribution in [0.1, 0.15) is 32.6 Å². The first kappa shape index (κ1) is 18.0. The van der Waals surface area contributed by atoms with E-state index in [9.17, 15) is 9.90 Å². The number of amides is 1. The molecular weight excluding hydrogens is 302 g/mol. The van der Waals surface area contributed by atoms with E-state index < -0.39 is 6.10 Å². The summed E-state index contributed by atoms with van der Waals surface area (Å²) >= 11 is 0. The number of carbonyl (C=O) groups excluding carboxylic acids is 1. The van der Waals surface area contributed by atoms with Crippen LogP contribution in [0, 0.1) is 27.7 Å². The van der Waals surface area contributed by atoms with Gasteiger partial charge in [-0.1, -0.05) is 29.8 Å². The van der Waals surface area contributed by atoms with Crippen molar-refractivity contribution in [2.45, 2.75) is 33.8 Å². The van der Waals surface area contributed by atoms with E-state index in [1.54, 1.807) is 0 Å². The Morgan fingerprint density at radius 2 is 1.75 bits per heavy atom. The molecule has 4 nitrogen and oxygen atoms in total. The van der Waals surface area contributed by atoms with E-state index in [1.165, 1.54) is 0 Å². The summed E-state index contributed by atoms with van der Waals surface area (Å²) in [5.41, 5.74) is 4.78. The standard InChI is InChI=1S/C20H25NO3/c1-13-6-5-7-18(10-13)24-12-17(22)11-21-20(23)19-15(3)8-14(2)9-16(19)4/h5-10,17,22H,11-12H2,1-4H3,(H,21,23). The molecular formula is C20H25NO3. The van der Waals surface area contributed by atoms with Crippen LogP contribution in [-0.2, 0) is 0 Å². The van der Waals surface area contributed by atoms with Crippen LogP contribution in [0.15, 0.2) is 36.4 Å². The first-order chi connectivity index (χ1) is 11.4. The highest BCUT2D eigenvalue weighted by Gasteiger charge is 2.14. The molecule has 0 fully saturated rings. The Kier molecular flexibility index (Phi) is 5.99. The Morgan fingerprint density at radius 1 is 1.08 bits per heavy atom. The van der Waals surface area contributed by atoms with Gasteiger partial charge in [0.25, 0.3) is 5.91 Å². The third kappa shape index (κ3) is 4.83. The molecule has 2 aromatic rings. The second-order valence-electron chi connectivity index (χ2n) is 6.27. The molecule has 2 rings (SSSR count). The number of aliphatic hydroxyl groups excluding tert-OH is 1. The summed E-state index contributed by atoms with van der Waals surface area (Å²) in [6.07, 6.45) is -0.763. The Morgan fingerprint density at radius 3 is 2.38 bits per heavy atom. The SMILES string of the molecule is Cc1cccc(OCC(O)CNC(=O)c2c(C)cc(C)cc2C)c1. The highest BCUT2D eigenvalue weighted by atomic mass is 16.5. The van der Waals surface area contributed by atoms with Gasteiger partial charge in [0, 0.05) is 12.1 Å². The second kappa shape index (κ2) is 7.97. The topological polar surface area (TPSA) is 58.6 Å². The fourth-order valence-electron chi connectivity index (χ4n) is 2.79. The average molecular weight is 327 g/mol. The summed E-state index contributed by atoms with van der Waals surface area (Å²) in [5, 5.41) is 12.8. The molecule has 1 atom stereocenters. The molecule has 0 radical (unpaired) electrons. The van der Waals surface area contributed by atoms with E-state index in [0.29, 0.717) is 11.3 Å². The number of carbonyl (C=O) groups is 1. The maximum absolute atomic E-state index is 12.4. The Labute approximate surface area is 143 Å². The number of benzene rings is 2. The van der Waals surface area contributed by atoms with E-state index in [-0.39, 0.29) is 19.1 Å². The van der Waals surface area contributed by atoms with Crippen molar-refractivity contribution in [2.75, 3.05) is 13.2 Å². The van der Waals surface area contributed by atoms with Crippen molar-refractivity contribution >= 4 is 5.91 Å². The van der Waals surface area contributed by atoms with Crippen LogP contribution in [0.25, 0.3) is 0 Å². The smallest absolute Gasteiger partial charge is 0.251 e. The molecule has 0 aromatic heterocycles. The molecule has 1 amide bonds. The predicted molar refractivity (Wildman–Crippen MR) is 95.7 cm³/mol. The second-order valence-corrected chi connectivity index (χ2v) is 6.27. The summed E-state index contributed by atoms with van der Waals surface area (Å²) in [6.45, 7) is 8.12. The molecule has 0 saturated carbocycles. The minimum absolute atomic E-state index is 0.135. The number of ether oxygens (including phenoxy) is 1. The van der Waals surface area contributed by atoms with Crippen LogP contribution < -0.4 is 10.1 Å². The average Bonchev–Trinajstić information content (AvgIpc) is 2.50. The molecule has 0 aliphatic rings. The van der Waals surface area contributed by atoms with Crippen LogP contribution in [0.5, 0.6) is 5.75 Å². The largest absolute Gasteiger partial charge is 0.491 e. The molecule has 2 N–H and O–H groups in total. The summed E-state index contributed by atoms with van der Waals surface area (Å²) in [6, 6.07) is 11.6. The maximum Gasteiger partial charge on any atom is 0.251 e. The van der Waals surface area contributed by atoms with Gasteiger partial charge in [0.2, 0.25) is 0 Å². The number of hydrogen-bond donors (Lipinski definition) is 2. The van der Waals surface area contributed by atoms with Crippen LogP contribution in [0.2, 0.25) is 0 Å². The highest BCUT2D eigenvalue weighted by Crippen LogP contribution is 2.16. The molecule has 0 spiro atoms. The fourth-order valence-corrected chi connectivity index (χ4v) is 2.79. The van der Waals surface area contributed by atoms with Gasteiger partial charge in [-0.2, -0.15) is 0 Å². The van der Waals surface area contributed by atoms with Crippen molar-refractivity contribution in [3.05, 3.63) is 64.2 Å². The van der Waals surface area contributed by atoms with Crippen LogP contribution in [0.4, 0.5) is 0 Å². The monoisotopic (exact) mass is 327 g/mol. The fraction of sp³-hybridized carbons (Fsp3) is 0.350. The predicted octanol–water partition coefficient (Wildman–Crippen LogP) is 3.09. The van der Waals surface area contributed by atoms with Gasteiger partial charge >= 0.3 is 0 Å². The summed E-state index contributed by atoms with van der Waals surface area (Å²) in [4.78, 5) is 12.4. The lowest BCUT2D eigenvalue weighted by Crippen LogP contribution is -2.35. The molecule has 0 aliphatic heterocycles. The lowest BCUT2D eigenvalue weighted by Gasteiger charge is -2.15. The van der Waals surface area contributed by atoms with Gasteiger partial charge in [0.15, 0.2) is 0 Å². The first-order valence-corrected chi connectivity index (χ1v) is 8.10. The van der Waals surface area contributed by atoms with Crippen molar-refractivity contribution in [3.8, 4) is 5.75 Å². The summed E-state index contributed by atoms with van der Waals surface area (Å²) < 4.78 is 5.55. The number of nitrogens with one attached hydrogen (secondary N) is 1. The highest BCUT2D eigenvalue weighted by molar-refractivity contribution is 5.97. The maximum atomic E-state index is 12.4. The van der Waals surface area contributed by atoms with Crippen molar-refractivity contribution < 1.29 is 14.6 Å². The van der Waals surface area contributed by atoms with E-state index in [2.05, 4.69) is 5.32 Å². The van der Waals surface area contributed by atoms with Gasteiger partial charge in [-0.05, 0) is 56.5 Å². The zero-order chi connectivity index (χ0) is 17.7. The van der Waals surface area contributed by atoms with Gasteiger partial charge in [-0.15, -0.1) is 0 Å². The molecule has 0 aliphatic carbocycles. The Hall–Kier alpha value is -2.33. The third-order valence-corrected chi connectivity index (χ3v) is 3.83. The number of rotatable bonds is 6. The van der Waals surface area contributed by atoms with E-state index in [1.807, 2.05) is 64.1 Å². The number of aryl methyl sites for hydroxylation is 4. The lowest BCUT2D eigenvalue weighted by molar-refractivity contribution is 0.0842. The van der Waals surface area contributed by atoms with Crippen LogP contribution in [0.3, 0.4) is 0 Å². The van der Waals surface area contributed by atoms with Crippen LogP contribution >= 0.6 is 0 Å². The molecule has 4 heteroatoms. The molecule has 0 heterocycles. The van der Waals surface area contributed by atoms with E-state index in [4.69, 9.17) is 4.74 Å². The van der Waals surface area contributed by atoms with Crippen molar-refractivity contribution in [1.82, 2.24) is 5.32 Å². The molecule has 1 unspecified atom stereocenters. The first-order valence-electron chi connectivity index (χ1n) is 8.10. The normalized spacial score (nSPS) is 11.9. The van der Waals surface area contributed by atoms with Crippen molar-refractivity contribution in [2.24, 2.45) is 0 Å². The minimum Gasteiger partial charge on any atom is -0.491 e. The van der Waals surface area contributed by atoms with Crippen molar-refractivity contribution in [3.63, 3.8) is 0 Å².